The smallest absolute Gasteiger partial charge is 0.0927 e. The molecule has 0 spiro atoms. The quantitative estimate of drug-likeness (QED) is 0.709. The highest BCUT2D eigenvalue weighted by molar-refractivity contribution is 5.05. The van der Waals surface area contributed by atoms with Crippen LogP contribution in [-0.4, -0.2) is 41.4 Å². The van der Waals surface area contributed by atoms with Gasteiger partial charge in [-0.15, -0.1) is 0 Å². The fourth-order valence-electron chi connectivity index (χ4n) is 1.41. The molecule has 3 nitrogen and oxygen atoms in total. The predicted octanol–water partition coefficient (Wildman–Crippen LogP) is 0.990. The van der Waals surface area contributed by atoms with Crippen LogP contribution in [0.1, 0.15) is 20.8 Å². The Hall–Kier alpha value is -0.540. The van der Waals surface area contributed by atoms with Gasteiger partial charge in [0, 0.05) is 18.8 Å². The fourth-order valence-corrected chi connectivity index (χ4v) is 1.41. The van der Waals surface area contributed by atoms with E-state index in [0.29, 0.717) is 6.10 Å². The van der Waals surface area contributed by atoms with Crippen molar-refractivity contribution < 1.29 is 9.84 Å². The lowest BCUT2D eigenvalue weighted by Gasteiger charge is -2.43. The molecule has 76 valence electrons. The molecule has 0 aromatic rings. The molecular formula is C10H19NO2. The highest BCUT2D eigenvalue weighted by Gasteiger charge is 2.29. The molecule has 0 saturated carbocycles. The zero-order valence-electron chi connectivity index (χ0n) is 8.66. The molecule has 0 bridgehead atoms. The lowest BCUT2D eigenvalue weighted by molar-refractivity contribution is -0.0736. The number of hydrogen-bond acceptors (Lipinski definition) is 3. The number of rotatable bonds is 4. The molecule has 1 N–H and O–H groups in total. The van der Waals surface area contributed by atoms with Crippen molar-refractivity contribution in [3.05, 3.63) is 12.3 Å². The average Bonchev–Trinajstić information content (AvgIpc) is 1.94. The number of aliphatic hydroxyl groups excluding tert-OH is 1. The third-order valence-electron chi connectivity index (χ3n) is 2.20. The summed E-state index contributed by atoms with van der Waals surface area (Å²) < 4.78 is 5.58. The number of ether oxygens (including phenoxy) is 1. The molecule has 1 fully saturated rings. The summed E-state index contributed by atoms with van der Waals surface area (Å²) in [5.74, 6) is 0. The topological polar surface area (TPSA) is 32.7 Å². The molecule has 0 radical (unpaired) electrons. The zero-order valence-corrected chi connectivity index (χ0v) is 8.66. The molecule has 0 aromatic heterocycles. The predicted molar refractivity (Wildman–Crippen MR) is 52.4 cm³/mol. The van der Waals surface area contributed by atoms with Gasteiger partial charge < -0.3 is 14.7 Å². The monoisotopic (exact) mass is 185 g/mol. The Bertz CT molecular complexity index is 183. The first-order chi connectivity index (χ1) is 6.00. The van der Waals surface area contributed by atoms with Crippen molar-refractivity contribution in [1.29, 1.82) is 0 Å². The van der Waals surface area contributed by atoms with E-state index in [4.69, 9.17) is 4.74 Å². The number of aliphatic hydroxyl groups is 1. The van der Waals surface area contributed by atoms with E-state index in [1.165, 1.54) is 0 Å². The second-order valence-corrected chi connectivity index (χ2v) is 3.88. The lowest BCUT2D eigenvalue weighted by Crippen LogP contribution is -2.53. The second kappa shape index (κ2) is 4.11. The summed E-state index contributed by atoms with van der Waals surface area (Å²) in [5, 5.41) is 9.24. The first-order valence-corrected chi connectivity index (χ1v) is 4.78. The van der Waals surface area contributed by atoms with Crippen LogP contribution in [0.4, 0.5) is 0 Å². The molecule has 0 aliphatic carbocycles. The molecule has 1 atom stereocenters. The van der Waals surface area contributed by atoms with Gasteiger partial charge in [-0.2, -0.15) is 0 Å². The van der Waals surface area contributed by atoms with Crippen LogP contribution >= 0.6 is 0 Å². The van der Waals surface area contributed by atoms with Gasteiger partial charge in [0.25, 0.3) is 0 Å². The molecule has 3 heteroatoms. The number of hydrogen-bond donors (Lipinski definition) is 1. The maximum Gasteiger partial charge on any atom is 0.0927 e. The van der Waals surface area contributed by atoms with Crippen LogP contribution in [0, 0.1) is 0 Å². The summed E-state index contributed by atoms with van der Waals surface area (Å²) >= 11 is 0. The van der Waals surface area contributed by atoms with Gasteiger partial charge in [0.05, 0.1) is 18.3 Å². The van der Waals surface area contributed by atoms with Crippen LogP contribution in [-0.2, 0) is 4.74 Å². The van der Waals surface area contributed by atoms with E-state index in [-0.39, 0.29) is 6.10 Å². The maximum absolute atomic E-state index is 9.24. The summed E-state index contributed by atoms with van der Waals surface area (Å²) in [7, 11) is 0. The second-order valence-electron chi connectivity index (χ2n) is 3.88. The summed E-state index contributed by atoms with van der Waals surface area (Å²) in [6, 6.07) is 0. The first-order valence-electron chi connectivity index (χ1n) is 4.78. The number of likely N-dealkylation sites (tertiary alicyclic amines) is 1. The SMILES string of the molecule is C=C([C@H](C)O)N1CC(OC(C)C)C1. The van der Waals surface area contributed by atoms with Crippen molar-refractivity contribution in [2.75, 3.05) is 13.1 Å². The van der Waals surface area contributed by atoms with E-state index in [9.17, 15) is 5.11 Å². The van der Waals surface area contributed by atoms with E-state index < -0.39 is 6.10 Å². The van der Waals surface area contributed by atoms with Crippen molar-refractivity contribution in [2.45, 2.75) is 39.1 Å². The molecule has 1 heterocycles. The minimum atomic E-state index is -0.444. The Labute approximate surface area is 80.0 Å². The lowest BCUT2D eigenvalue weighted by atomic mass is 10.1. The van der Waals surface area contributed by atoms with Gasteiger partial charge in [-0.1, -0.05) is 6.58 Å². The van der Waals surface area contributed by atoms with Gasteiger partial charge in [-0.3, -0.25) is 0 Å². The van der Waals surface area contributed by atoms with Crippen molar-refractivity contribution in [3.8, 4) is 0 Å². The van der Waals surface area contributed by atoms with E-state index in [1.54, 1.807) is 6.92 Å². The van der Waals surface area contributed by atoms with Gasteiger partial charge in [0.15, 0.2) is 0 Å². The summed E-state index contributed by atoms with van der Waals surface area (Å²) in [5.41, 5.74) is 0.795. The van der Waals surface area contributed by atoms with Gasteiger partial charge >= 0.3 is 0 Å². The third kappa shape index (κ3) is 2.71. The van der Waals surface area contributed by atoms with Crippen LogP contribution in [0.2, 0.25) is 0 Å². The Kier molecular flexibility index (Phi) is 3.33. The van der Waals surface area contributed by atoms with Crippen LogP contribution in [0.3, 0.4) is 0 Å². The molecular weight excluding hydrogens is 166 g/mol. The maximum atomic E-state index is 9.24. The van der Waals surface area contributed by atoms with Crippen molar-refractivity contribution in [3.63, 3.8) is 0 Å². The van der Waals surface area contributed by atoms with Gasteiger partial charge in [-0.05, 0) is 20.8 Å². The van der Waals surface area contributed by atoms with Crippen molar-refractivity contribution in [2.24, 2.45) is 0 Å². The molecule has 0 amide bonds. The molecule has 1 rings (SSSR count). The Balaban J connectivity index is 2.22. The molecule has 13 heavy (non-hydrogen) atoms. The van der Waals surface area contributed by atoms with Crippen LogP contribution < -0.4 is 0 Å². The molecule has 1 aliphatic rings. The van der Waals surface area contributed by atoms with Crippen LogP contribution in [0.25, 0.3) is 0 Å². The van der Waals surface area contributed by atoms with Crippen molar-refractivity contribution >= 4 is 0 Å². The summed E-state index contributed by atoms with van der Waals surface area (Å²) in [4.78, 5) is 2.05. The number of nitrogens with zero attached hydrogens (tertiary/aromatic N) is 1. The largest absolute Gasteiger partial charge is 0.387 e. The highest BCUT2D eigenvalue weighted by atomic mass is 16.5. The molecule has 1 saturated heterocycles. The third-order valence-corrected chi connectivity index (χ3v) is 2.20. The molecule has 0 aromatic carbocycles. The van der Waals surface area contributed by atoms with Gasteiger partial charge in [-0.25, -0.2) is 0 Å². The van der Waals surface area contributed by atoms with E-state index in [0.717, 1.165) is 18.8 Å². The minimum Gasteiger partial charge on any atom is -0.387 e. The van der Waals surface area contributed by atoms with Gasteiger partial charge in [0.2, 0.25) is 0 Å². The normalized spacial score (nSPS) is 20.2. The van der Waals surface area contributed by atoms with Gasteiger partial charge in [0.1, 0.15) is 0 Å². The van der Waals surface area contributed by atoms with E-state index >= 15 is 0 Å². The summed E-state index contributed by atoms with van der Waals surface area (Å²) in [6.07, 6.45) is 0.155. The Morgan fingerprint density at radius 3 is 2.38 bits per heavy atom. The first kappa shape index (κ1) is 10.5. The Morgan fingerprint density at radius 2 is 2.00 bits per heavy atom. The van der Waals surface area contributed by atoms with Crippen LogP contribution in [0.5, 0.6) is 0 Å². The standard InChI is InChI=1S/C10H19NO2/c1-7(2)13-10-5-11(6-10)8(3)9(4)12/h7,9-10,12H,3,5-6H2,1-2,4H3/t9-/m0/s1. The Morgan fingerprint density at radius 1 is 1.46 bits per heavy atom. The van der Waals surface area contributed by atoms with E-state index in [2.05, 4.69) is 11.5 Å². The minimum absolute atomic E-state index is 0.284. The summed E-state index contributed by atoms with van der Waals surface area (Å²) in [6.45, 7) is 11.3. The molecule has 1 aliphatic heterocycles. The fraction of sp³-hybridized carbons (Fsp3) is 0.800. The zero-order chi connectivity index (χ0) is 10.0. The molecule has 0 unspecified atom stereocenters. The van der Waals surface area contributed by atoms with Crippen molar-refractivity contribution in [1.82, 2.24) is 4.90 Å². The average molecular weight is 185 g/mol. The van der Waals surface area contributed by atoms with Crippen LogP contribution in [0.15, 0.2) is 12.3 Å². The van der Waals surface area contributed by atoms with E-state index in [1.807, 2.05) is 13.8 Å². The highest BCUT2D eigenvalue weighted by Crippen LogP contribution is 2.19.